The van der Waals surface area contributed by atoms with Gasteiger partial charge in [-0.2, -0.15) is 0 Å². The van der Waals surface area contributed by atoms with Crippen LogP contribution >= 0.6 is 0 Å². The highest BCUT2D eigenvalue weighted by molar-refractivity contribution is 5.93. The summed E-state index contributed by atoms with van der Waals surface area (Å²) >= 11 is 0. The molecule has 1 aliphatic heterocycles. The molecule has 0 saturated carbocycles. The predicted molar refractivity (Wildman–Crippen MR) is 87.2 cm³/mol. The second-order valence-electron chi connectivity index (χ2n) is 6.15. The molecule has 5 heteroatoms. The van der Waals surface area contributed by atoms with Crippen LogP contribution in [-0.2, 0) is 4.79 Å². The molecule has 3 N–H and O–H groups in total. The van der Waals surface area contributed by atoms with Crippen molar-refractivity contribution in [2.24, 2.45) is 5.92 Å². The number of likely N-dealkylation sites (tertiary alicyclic amines) is 1. The minimum absolute atomic E-state index is 0.0221. The van der Waals surface area contributed by atoms with Gasteiger partial charge in [-0.3, -0.25) is 4.79 Å². The number of carbonyl (C=O) groups excluding carboxylic acids is 1. The van der Waals surface area contributed by atoms with Crippen LogP contribution in [0.2, 0.25) is 0 Å². The van der Waals surface area contributed by atoms with E-state index in [9.17, 15) is 4.79 Å². The van der Waals surface area contributed by atoms with Gasteiger partial charge in [0.15, 0.2) is 0 Å². The zero-order valence-corrected chi connectivity index (χ0v) is 13.2. The van der Waals surface area contributed by atoms with Crippen LogP contribution in [0.4, 0.5) is 11.4 Å². The average molecular weight is 290 g/mol. The lowest BCUT2D eigenvalue weighted by Gasteiger charge is -2.22. The molecule has 1 aliphatic rings. The monoisotopic (exact) mass is 290 g/mol. The number of rotatable bonds is 5. The highest BCUT2D eigenvalue weighted by Gasteiger charge is 2.30. The molecule has 1 fully saturated rings. The van der Waals surface area contributed by atoms with Gasteiger partial charge in [-0.1, -0.05) is 19.1 Å². The van der Waals surface area contributed by atoms with Gasteiger partial charge >= 0.3 is 0 Å². The van der Waals surface area contributed by atoms with Crippen LogP contribution in [0.5, 0.6) is 0 Å². The summed E-state index contributed by atoms with van der Waals surface area (Å²) in [5.41, 5.74) is 7.13. The summed E-state index contributed by atoms with van der Waals surface area (Å²) in [7, 11) is 4.24. The van der Waals surface area contributed by atoms with E-state index < -0.39 is 0 Å². The van der Waals surface area contributed by atoms with Gasteiger partial charge in [-0.25, -0.2) is 0 Å². The minimum atomic E-state index is 0.0221. The molecule has 0 aliphatic carbocycles. The lowest BCUT2D eigenvalue weighted by molar-refractivity contribution is -0.116. The summed E-state index contributed by atoms with van der Waals surface area (Å²) in [6, 6.07) is 7.93. The largest absolute Gasteiger partial charge is 0.397 e. The summed E-state index contributed by atoms with van der Waals surface area (Å²) in [4.78, 5) is 16.7. The minimum Gasteiger partial charge on any atom is -0.397 e. The first kappa shape index (κ1) is 15.8. The SMILES string of the molecule is CC1CN(CCC(=O)Nc2ccccc2N)CC1N(C)C. The van der Waals surface area contributed by atoms with Crippen LogP contribution in [0.1, 0.15) is 13.3 Å². The molecule has 0 aromatic heterocycles. The van der Waals surface area contributed by atoms with Gasteiger partial charge in [-0.15, -0.1) is 0 Å². The molecule has 1 amide bonds. The van der Waals surface area contributed by atoms with E-state index in [1.807, 2.05) is 18.2 Å². The summed E-state index contributed by atoms with van der Waals surface area (Å²) in [5.74, 6) is 0.668. The van der Waals surface area contributed by atoms with Crippen molar-refractivity contribution in [1.29, 1.82) is 0 Å². The van der Waals surface area contributed by atoms with Crippen molar-refractivity contribution in [3.8, 4) is 0 Å². The number of nitrogens with two attached hydrogens (primary N) is 1. The first-order valence-electron chi connectivity index (χ1n) is 7.50. The van der Waals surface area contributed by atoms with Gasteiger partial charge in [0.25, 0.3) is 0 Å². The standard InChI is InChI=1S/C16H26N4O/c1-12-10-20(11-15(12)19(2)3)9-8-16(21)18-14-7-5-4-6-13(14)17/h4-7,12,15H,8-11,17H2,1-3H3,(H,18,21). The summed E-state index contributed by atoms with van der Waals surface area (Å²) < 4.78 is 0. The molecule has 0 radical (unpaired) electrons. The number of nitrogens with one attached hydrogen (secondary N) is 1. The maximum atomic E-state index is 12.0. The van der Waals surface area contributed by atoms with Crippen LogP contribution < -0.4 is 11.1 Å². The van der Waals surface area contributed by atoms with Gasteiger partial charge < -0.3 is 20.9 Å². The van der Waals surface area contributed by atoms with E-state index in [0.29, 0.717) is 29.8 Å². The molecule has 1 saturated heterocycles. The number of carbonyl (C=O) groups is 1. The predicted octanol–water partition coefficient (Wildman–Crippen LogP) is 1.48. The van der Waals surface area contributed by atoms with Crippen LogP contribution in [0.3, 0.4) is 0 Å². The molecule has 21 heavy (non-hydrogen) atoms. The first-order chi connectivity index (χ1) is 9.97. The molecule has 116 valence electrons. The molecule has 2 atom stereocenters. The highest BCUT2D eigenvalue weighted by atomic mass is 16.1. The zero-order valence-electron chi connectivity index (χ0n) is 13.2. The molecule has 2 rings (SSSR count). The quantitative estimate of drug-likeness (QED) is 0.806. The number of hydrogen-bond acceptors (Lipinski definition) is 4. The second kappa shape index (κ2) is 6.91. The van der Waals surface area contributed by atoms with Gasteiger partial charge in [0.2, 0.25) is 5.91 Å². The fraction of sp³-hybridized carbons (Fsp3) is 0.562. The van der Waals surface area contributed by atoms with Crippen LogP contribution in [0.25, 0.3) is 0 Å². The summed E-state index contributed by atoms with van der Waals surface area (Å²) in [6.45, 7) is 5.17. The second-order valence-corrected chi connectivity index (χ2v) is 6.15. The van der Waals surface area contributed by atoms with Crippen molar-refractivity contribution >= 4 is 17.3 Å². The number of anilines is 2. The van der Waals surface area contributed by atoms with E-state index in [2.05, 4.69) is 36.1 Å². The van der Waals surface area contributed by atoms with Crippen molar-refractivity contribution in [3.05, 3.63) is 24.3 Å². The Morgan fingerprint density at radius 1 is 1.38 bits per heavy atom. The Morgan fingerprint density at radius 2 is 2.10 bits per heavy atom. The van der Waals surface area contributed by atoms with E-state index in [1.165, 1.54) is 0 Å². The molecule has 5 nitrogen and oxygen atoms in total. The Balaban J connectivity index is 1.79. The Labute approximate surface area is 127 Å². The highest BCUT2D eigenvalue weighted by Crippen LogP contribution is 2.20. The topological polar surface area (TPSA) is 61.6 Å². The maximum Gasteiger partial charge on any atom is 0.225 e. The van der Waals surface area contributed by atoms with Crippen molar-refractivity contribution in [2.45, 2.75) is 19.4 Å². The van der Waals surface area contributed by atoms with E-state index in [-0.39, 0.29) is 5.91 Å². The molecule has 1 heterocycles. The summed E-state index contributed by atoms with van der Waals surface area (Å²) in [6.07, 6.45) is 0.501. The average Bonchev–Trinajstić information content (AvgIpc) is 2.80. The molecule has 0 bridgehead atoms. The van der Waals surface area contributed by atoms with Crippen LogP contribution in [0, 0.1) is 5.92 Å². The fourth-order valence-corrected chi connectivity index (χ4v) is 2.99. The van der Waals surface area contributed by atoms with E-state index >= 15 is 0 Å². The van der Waals surface area contributed by atoms with Crippen molar-refractivity contribution in [2.75, 3.05) is 44.8 Å². The number of nitrogen functional groups attached to an aromatic ring is 1. The van der Waals surface area contributed by atoms with Crippen molar-refractivity contribution in [1.82, 2.24) is 9.80 Å². The fourth-order valence-electron chi connectivity index (χ4n) is 2.99. The lowest BCUT2D eigenvalue weighted by atomic mass is 10.1. The number of amides is 1. The first-order valence-corrected chi connectivity index (χ1v) is 7.50. The zero-order chi connectivity index (χ0) is 15.4. The van der Waals surface area contributed by atoms with Gasteiger partial charge in [0, 0.05) is 32.1 Å². The van der Waals surface area contributed by atoms with E-state index in [1.54, 1.807) is 6.07 Å². The van der Waals surface area contributed by atoms with Gasteiger partial charge in [-0.05, 0) is 32.1 Å². The molecule has 0 spiro atoms. The third kappa shape index (κ3) is 4.19. The summed E-state index contributed by atoms with van der Waals surface area (Å²) in [5, 5.41) is 2.88. The van der Waals surface area contributed by atoms with Crippen LogP contribution in [-0.4, -0.2) is 55.5 Å². The van der Waals surface area contributed by atoms with Crippen molar-refractivity contribution in [3.63, 3.8) is 0 Å². The molecule has 1 aromatic rings. The third-order valence-corrected chi connectivity index (χ3v) is 4.20. The Hall–Kier alpha value is -1.59. The van der Waals surface area contributed by atoms with E-state index in [4.69, 9.17) is 5.73 Å². The number of likely N-dealkylation sites (N-methyl/N-ethyl adjacent to an activating group) is 1. The van der Waals surface area contributed by atoms with Crippen LogP contribution in [0.15, 0.2) is 24.3 Å². The number of para-hydroxylation sites is 2. The van der Waals surface area contributed by atoms with Gasteiger partial charge in [0.1, 0.15) is 0 Å². The van der Waals surface area contributed by atoms with Crippen molar-refractivity contribution < 1.29 is 4.79 Å². The lowest BCUT2D eigenvalue weighted by Crippen LogP contribution is -2.34. The smallest absolute Gasteiger partial charge is 0.225 e. The Morgan fingerprint density at radius 3 is 2.71 bits per heavy atom. The number of benzene rings is 1. The Bertz CT molecular complexity index is 489. The molecular formula is C16H26N4O. The van der Waals surface area contributed by atoms with E-state index in [0.717, 1.165) is 19.6 Å². The molecule has 1 aromatic carbocycles. The maximum absolute atomic E-state index is 12.0. The van der Waals surface area contributed by atoms with Gasteiger partial charge in [0.05, 0.1) is 11.4 Å². The number of hydrogen-bond donors (Lipinski definition) is 2. The molecule has 2 unspecified atom stereocenters. The number of nitrogens with zero attached hydrogens (tertiary/aromatic N) is 2. The Kier molecular flexibility index (Phi) is 5.20. The third-order valence-electron chi connectivity index (χ3n) is 4.20. The molecular weight excluding hydrogens is 264 g/mol. The normalized spacial score (nSPS) is 22.7.